The maximum atomic E-state index is 12.2. The standard InChI is InChI=1S/C15H20ClNO2/c1-10(2)7-12(9-16)17-15(18)14-8-11-5-3-4-6-13(11)19-14/h3-6,10,12,14H,7-9H2,1-2H3,(H,17,18). The topological polar surface area (TPSA) is 38.3 Å². The second-order valence-corrected chi connectivity index (χ2v) is 5.72. The molecule has 0 saturated heterocycles. The number of hydrogen-bond donors (Lipinski definition) is 1. The molecule has 1 aliphatic rings. The van der Waals surface area contributed by atoms with E-state index in [0.717, 1.165) is 17.7 Å². The summed E-state index contributed by atoms with van der Waals surface area (Å²) in [6.45, 7) is 4.24. The van der Waals surface area contributed by atoms with Gasteiger partial charge in [-0.1, -0.05) is 32.0 Å². The maximum absolute atomic E-state index is 12.2. The van der Waals surface area contributed by atoms with Crippen LogP contribution in [0.15, 0.2) is 24.3 Å². The van der Waals surface area contributed by atoms with E-state index in [1.807, 2.05) is 24.3 Å². The van der Waals surface area contributed by atoms with Crippen molar-refractivity contribution in [3.8, 4) is 5.75 Å². The molecular weight excluding hydrogens is 262 g/mol. The van der Waals surface area contributed by atoms with Crippen LogP contribution < -0.4 is 10.1 Å². The van der Waals surface area contributed by atoms with Crippen LogP contribution in [-0.4, -0.2) is 23.9 Å². The van der Waals surface area contributed by atoms with Crippen molar-refractivity contribution < 1.29 is 9.53 Å². The smallest absolute Gasteiger partial charge is 0.261 e. The number of amides is 1. The van der Waals surface area contributed by atoms with Gasteiger partial charge >= 0.3 is 0 Å². The normalized spacial score (nSPS) is 18.8. The summed E-state index contributed by atoms with van der Waals surface area (Å²) in [4.78, 5) is 12.2. The van der Waals surface area contributed by atoms with Gasteiger partial charge in [-0.05, 0) is 24.0 Å². The number of hydrogen-bond acceptors (Lipinski definition) is 2. The first-order valence-electron chi connectivity index (χ1n) is 6.71. The van der Waals surface area contributed by atoms with Crippen LogP contribution in [0.2, 0.25) is 0 Å². The number of rotatable bonds is 5. The number of carbonyl (C=O) groups is 1. The van der Waals surface area contributed by atoms with Gasteiger partial charge in [0, 0.05) is 18.3 Å². The highest BCUT2D eigenvalue weighted by Crippen LogP contribution is 2.28. The number of para-hydroxylation sites is 1. The molecule has 4 heteroatoms. The van der Waals surface area contributed by atoms with Crippen LogP contribution in [-0.2, 0) is 11.2 Å². The highest BCUT2D eigenvalue weighted by atomic mass is 35.5. The first-order chi connectivity index (χ1) is 9.10. The predicted octanol–water partition coefficient (Wildman–Crippen LogP) is 2.76. The van der Waals surface area contributed by atoms with Crippen LogP contribution in [0.25, 0.3) is 0 Å². The molecule has 19 heavy (non-hydrogen) atoms. The number of benzene rings is 1. The van der Waals surface area contributed by atoms with E-state index in [1.165, 1.54) is 0 Å². The summed E-state index contributed by atoms with van der Waals surface area (Å²) in [5.74, 6) is 1.69. The molecule has 104 valence electrons. The average Bonchev–Trinajstić information content (AvgIpc) is 2.81. The monoisotopic (exact) mass is 281 g/mol. The van der Waals surface area contributed by atoms with Gasteiger partial charge in [0.05, 0.1) is 0 Å². The number of carbonyl (C=O) groups excluding carboxylic acids is 1. The fraction of sp³-hybridized carbons (Fsp3) is 0.533. The SMILES string of the molecule is CC(C)CC(CCl)NC(=O)C1Cc2ccccc2O1. The molecule has 1 aromatic rings. The van der Waals surface area contributed by atoms with Crippen LogP contribution in [0, 0.1) is 5.92 Å². The van der Waals surface area contributed by atoms with Crippen LogP contribution in [0.5, 0.6) is 5.75 Å². The molecule has 0 aliphatic carbocycles. The highest BCUT2D eigenvalue weighted by Gasteiger charge is 2.29. The van der Waals surface area contributed by atoms with Crippen LogP contribution in [0.4, 0.5) is 0 Å². The largest absolute Gasteiger partial charge is 0.480 e. The molecule has 2 rings (SSSR count). The summed E-state index contributed by atoms with van der Waals surface area (Å²) < 4.78 is 5.66. The minimum atomic E-state index is -0.421. The Morgan fingerprint density at radius 2 is 2.21 bits per heavy atom. The van der Waals surface area contributed by atoms with Crippen LogP contribution in [0.3, 0.4) is 0 Å². The Hall–Kier alpha value is -1.22. The van der Waals surface area contributed by atoms with Gasteiger partial charge in [0.25, 0.3) is 5.91 Å². The number of fused-ring (bicyclic) bond motifs is 1. The van der Waals surface area contributed by atoms with E-state index in [1.54, 1.807) is 0 Å². The summed E-state index contributed by atoms with van der Waals surface area (Å²) in [6, 6.07) is 7.79. The zero-order valence-corrected chi connectivity index (χ0v) is 12.1. The Morgan fingerprint density at radius 1 is 1.47 bits per heavy atom. The Bertz CT molecular complexity index is 423. The van der Waals surface area contributed by atoms with Crippen molar-refractivity contribution in [3.63, 3.8) is 0 Å². The summed E-state index contributed by atoms with van der Waals surface area (Å²) in [5, 5.41) is 2.98. The Kier molecular flexibility index (Phi) is 4.70. The molecule has 1 aliphatic heterocycles. The second kappa shape index (κ2) is 6.29. The molecule has 0 bridgehead atoms. The minimum Gasteiger partial charge on any atom is -0.480 e. The average molecular weight is 282 g/mol. The molecule has 1 heterocycles. The van der Waals surface area contributed by atoms with E-state index in [9.17, 15) is 4.79 Å². The van der Waals surface area contributed by atoms with Gasteiger partial charge in [0.2, 0.25) is 0 Å². The molecule has 0 radical (unpaired) electrons. The summed E-state index contributed by atoms with van der Waals surface area (Å²) in [6.07, 6.45) is 1.10. The number of ether oxygens (including phenoxy) is 1. The lowest BCUT2D eigenvalue weighted by Gasteiger charge is -2.20. The third kappa shape index (κ3) is 3.63. The van der Waals surface area contributed by atoms with Crippen molar-refractivity contribution in [2.45, 2.75) is 38.8 Å². The molecule has 3 nitrogen and oxygen atoms in total. The van der Waals surface area contributed by atoms with Gasteiger partial charge in [-0.3, -0.25) is 4.79 Å². The number of halogens is 1. The zero-order valence-electron chi connectivity index (χ0n) is 11.4. The third-order valence-corrected chi connectivity index (χ3v) is 3.60. The predicted molar refractivity (Wildman–Crippen MR) is 76.7 cm³/mol. The number of alkyl halides is 1. The lowest BCUT2D eigenvalue weighted by Crippen LogP contribution is -2.44. The summed E-state index contributed by atoms with van der Waals surface area (Å²) in [7, 11) is 0. The van der Waals surface area contributed by atoms with Gasteiger partial charge < -0.3 is 10.1 Å². The van der Waals surface area contributed by atoms with Crippen molar-refractivity contribution in [2.75, 3.05) is 5.88 Å². The van der Waals surface area contributed by atoms with Gasteiger partial charge in [-0.25, -0.2) is 0 Å². The summed E-state index contributed by atoms with van der Waals surface area (Å²) in [5.41, 5.74) is 1.09. The van der Waals surface area contributed by atoms with E-state index in [-0.39, 0.29) is 11.9 Å². The molecule has 0 saturated carbocycles. The Labute approximate surface area is 119 Å². The Balaban J connectivity index is 1.92. The minimum absolute atomic E-state index is 0.0153. The number of nitrogens with one attached hydrogen (secondary N) is 1. The van der Waals surface area contributed by atoms with E-state index in [0.29, 0.717) is 18.2 Å². The molecule has 2 atom stereocenters. The van der Waals surface area contributed by atoms with Crippen molar-refractivity contribution >= 4 is 17.5 Å². The van der Waals surface area contributed by atoms with Crippen molar-refractivity contribution in [1.29, 1.82) is 0 Å². The first-order valence-corrected chi connectivity index (χ1v) is 7.24. The summed E-state index contributed by atoms with van der Waals surface area (Å²) >= 11 is 5.90. The molecule has 1 N–H and O–H groups in total. The highest BCUT2D eigenvalue weighted by molar-refractivity contribution is 6.18. The lowest BCUT2D eigenvalue weighted by molar-refractivity contribution is -0.127. The van der Waals surface area contributed by atoms with Gasteiger partial charge in [0.1, 0.15) is 5.75 Å². The Morgan fingerprint density at radius 3 is 2.84 bits per heavy atom. The van der Waals surface area contributed by atoms with E-state index in [2.05, 4.69) is 19.2 Å². The molecule has 1 amide bonds. The molecule has 0 aromatic heterocycles. The van der Waals surface area contributed by atoms with E-state index in [4.69, 9.17) is 16.3 Å². The quantitative estimate of drug-likeness (QED) is 0.843. The lowest BCUT2D eigenvalue weighted by atomic mass is 10.0. The fourth-order valence-corrected chi connectivity index (χ4v) is 2.56. The fourth-order valence-electron chi connectivity index (χ4n) is 2.35. The van der Waals surface area contributed by atoms with Gasteiger partial charge in [-0.15, -0.1) is 11.6 Å². The van der Waals surface area contributed by atoms with Gasteiger partial charge in [0.15, 0.2) is 6.10 Å². The van der Waals surface area contributed by atoms with Crippen molar-refractivity contribution in [2.24, 2.45) is 5.92 Å². The molecule has 2 unspecified atom stereocenters. The first kappa shape index (κ1) is 14.2. The molecule has 1 aromatic carbocycles. The molecular formula is C15H20ClNO2. The maximum Gasteiger partial charge on any atom is 0.261 e. The molecule has 0 spiro atoms. The van der Waals surface area contributed by atoms with Crippen LogP contribution in [0.1, 0.15) is 25.8 Å². The van der Waals surface area contributed by atoms with Crippen LogP contribution >= 0.6 is 11.6 Å². The van der Waals surface area contributed by atoms with Crippen molar-refractivity contribution in [1.82, 2.24) is 5.32 Å². The van der Waals surface area contributed by atoms with E-state index >= 15 is 0 Å². The third-order valence-electron chi connectivity index (χ3n) is 3.23. The van der Waals surface area contributed by atoms with Gasteiger partial charge in [-0.2, -0.15) is 0 Å². The molecule has 0 fully saturated rings. The second-order valence-electron chi connectivity index (χ2n) is 5.41. The van der Waals surface area contributed by atoms with E-state index < -0.39 is 6.10 Å². The zero-order chi connectivity index (χ0) is 13.8. The van der Waals surface area contributed by atoms with Crippen molar-refractivity contribution in [3.05, 3.63) is 29.8 Å².